The number of benzene rings is 7. The first-order chi connectivity index (χ1) is 26.1. The number of aromatic nitrogens is 1. The van der Waals surface area contributed by atoms with Crippen molar-refractivity contribution in [1.82, 2.24) is 4.57 Å². The van der Waals surface area contributed by atoms with Crippen LogP contribution >= 0.6 is 0 Å². The van der Waals surface area contributed by atoms with Gasteiger partial charge in [0.15, 0.2) is 0 Å². The number of anilines is 1. The maximum absolute atomic E-state index is 14.9. The minimum Gasteiger partial charge on any atom is -0.308 e. The minimum absolute atomic E-state index is 0.320. The van der Waals surface area contributed by atoms with Crippen LogP contribution in [0.1, 0.15) is 54.1 Å². The van der Waals surface area contributed by atoms with Crippen LogP contribution in [0.4, 0.5) is 5.69 Å². The van der Waals surface area contributed by atoms with Gasteiger partial charge in [0.25, 0.3) is 11.8 Å². The van der Waals surface area contributed by atoms with Gasteiger partial charge in [0.2, 0.25) is 0 Å². The number of imide groups is 1. The van der Waals surface area contributed by atoms with Crippen molar-refractivity contribution in [3.8, 4) is 39.1 Å². The van der Waals surface area contributed by atoms with Gasteiger partial charge in [-0.15, -0.1) is 0 Å². The van der Waals surface area contributed by atoms with Gasteiger partial charge in [-0.2, -0.15) is 0 Å². The fraction of sp³-hybridized carbons (Fsp3) is 0.120. The maximum Gasteiger partial charge on any atom is 0.268 e. The molecule has 4 heteroatoms. The lowest BCUT2D eigenvalue weighted by Crippen LogP contribution is -2.30. The fourth-order valence-electron chi connectivity index (χ4n) is 9.06. The highest BCUT2D eigenvalue weighted by Crippen LogP contribution is 2.43. The Morgan fingerprint density at radius 1 is 0.389 bits per heavy atom. The van der Waals surface area contributed by atoms with Crippen molar-refractivity contribution < 1.29 is 9.59 Å². The molecule has 0 saturated heterocycles. The van der Waals surface area contributed by atoms with Crippen molar-refractivity contribution in [3.63, 3.8) is 0 Å². The molecule has 7 aromatic carbocycles. The zero-order chi connectivity index (χ0) is 37.4. The summed E-state index contributed by atoms with van der Waals surface area (Å²) in [5.41, 5.74) is 17.8. The predicted octanol–water partition coefficient (Wildman–Crippen LogP) is 12.4. The van der Waals surface area contributed by atoms with E-state index in [1.54, 1.807) is 6.07 Å². The Balaban J connectivity index is 1.32. The second-order valence-corrected chi connectivity index (χ2v) is 14.9. The van der Waals surface area contributed by atoms with E-state index in [2.05, 4.69) is 107 Å². The monoisotopic (exact) mass is 700 g/mol. The zero-order valence-corrected chi connectivity index (χ0v) is 31.4. The van der Waals surface area contributed by atoms with Crippen LogP contribution in [0.5, 0.6) is 0 Å². The van der Waals surface area contributed by atoms with Crippen LogP contribution in [0.25, 0.3) is 60.9 Å². The lowest BCUT2D eigenvalue weighted by Gasteiger charge is -2.19. The summed E-state index contributed by atoms with van der Waals surface area (Å²) in [5.74, 6) is -0.647. The Bertz CT molecular complexity index is 2720. The Labute approximate surface area is 315 Å². The summed E-state index contributed by atoms with van der Waals surface area (Å²) in [6.45, 7) is 13.0. The summed E-state index contributed by atoms with van der Waals surface area (Å²) in [4.78, 5) is 30.7. The molecule has 4 nitrogen and oxygen atoms in total. The molecule has 0 radical (unpaired) electrons. The van der Waals surface area contributed by atoms with E-state index in [1.165, 1.54) is 49.4 Å². The molecule has 0 unspecified atom stereocenters. The Kier molecular flexibility index (Phi) is 7.75. The van der Waals surface area contributed by atoms with Gasteiger partial charge >= 0.3 is 0 Å². The van der Waals surface area contributed by atoms with Gasteiger partial charge in [0.05, 0.1) is 33.5 Å². The van der Waals surface area contributed by atoms with Gasteiger partial charge in [-0.25, -0.2) is 4.90 Å². The molecule has 54 heavy (non-hydrogen) atoms. The van der Waals surface area contributed by atoms with Crippen LogP contribution in [0.15, 0.2) is 133 Å². The third kappa shape index (κ3) is 5.13. The number of amides is 2. The zero-order valence-electron chi connectivity index (χ0n) is 31.4. The van der Waals surface area contributed by atoms with E-state index in [0.29, 0.717) is 22.5 Å². The third-order valence-electron chi connectivity index (χ3n) is 11.1. The Morgan fingerprint density at radius 3 is 1.43 bits per heavy atom. The second-order valence-electron chi connectivity index (χ2n) is 14.9. The summed E-state index contributed by atoms with van der Waals surface area (Å²) >= 11 is 0. The molecule has 0 fully saturated rings. The molecule has 262 valence electrons. The molecular formula is C50H40N2O2. The second kappa shape index (κ2) is 12.6. The average Bonchev–Trinajstić information content (AvgIpc) is 3.60. The van der Waals surface area contributed by atoms with Crippen molar-refractivity contribution in [2.75, 3.05) is 4.90 Å². The molecule has 1 aromatic heterocycles. The molecule has 0 spiro atoms. The number of fused-ring (bicyclic) bond motifs is 4. The van der Waals surface area contributed by atoms with Crippen LogP contribution in [-0.2, 0) is 0 Å². The minimum atomic E-state index is -0.327. The highest BCUT2D eigenvalue weighted by Gasteiger charge is 2.40. The number of rotatable bonds is 5. The van der Waals surface area contributed by atoms with Gasteiger partial charge in [0, 0.05) is 16.3 Å². The van der Waals surface area contributed by atoms with Crippen LogP contribution in [-0.4, -0.2) is 16.4 Å². The van der Waals surface area contributed by atoms with Crippen LogP contribution in [0.3, 0.4) is 0 Å². The van der Waals surface area contributed by atoms with Crippen molar-refractivity contribution in [1.29, 1.82) is 0 Å². The SMILES string of the molecule is Cc1cc(C)c(-c2ccc3c4ccc(-c5c(C)cc(C)cc5C)cc4n(-c4cccc5c4C(=O)N(c4ccccc4-c4ccccc4)C5=O)c3c2)c(C)c1. The van der Waals surface area contributed by atoms with Crippen LogP contribution < -0.4 is 4.90 Å². The normalized spacial score (nSPS) is 12.7. The van der Waals surface area contributed by atoms with Crippen molar-refractivity contribution in [2.24, 2.45) is 0 Å². The van der Waals surface area contributed by atoms with Gasteiger partial charge in [0.1, 0.15) is 0 Å². The topological polar surface area (TPSA) is 42.3 Å². The summed E-state index contributed by atoms with van der Waals surface area (Å²) in [6.07, 6.45) is 0. The van der Waals surface area contributed by atoms with Gasteiger partial charge in [-0.05, 0) is 122 Å². The fourth-order valence-corrected chi connectivity index (χ4v) is 9.06. The molecule has 2 heterocycles. The quantitative estimate of drug-likeness (QED) is 0.168. The smallest absolute Gasteiger partial charge is 0.268 e. The van der Waals surface area contributed by atoms with E-state index in [1.807, 2.05) is 66.7 Å². The first-order valence-electron chi connectivity index (χ1n) is 18.5. The highest BCUT2D eigenvalue weighted by atomic mass is 16.2. The van der Waals surface area contributed by atoms with E-state index in [0.717, 1.165) is 44.1 Å². The molecule has 0 saturated carbocycles. The number of para-hydroxylation sites is 1. The van der Waals surface area contributed by atoms with Crippen LogP contribution in [0, 0.1) is 41.5 Å². The summed E-state index contributed by atoms with van der Waals surface area (Å²) < 4.78 is 2.21. The summed E-state index contributed by atoms with van der Waals surface area (Å²) in [7, 11) is 0. The largest absolute Gasteiger partial charge is 0.308 e. The lowest BCUT2D eigenvalue weighted by molar-refractivity contribution is 0.0926. The Hall–Kier alpha value is -6.52. The van der Waals surface area contributed by atoms with Gasteiger partial charge < -0.3 is 4.57 Å². The highest BCUT2D eigenvalue weighted by molar-refractivity contribution is 6.36. The lowest BCUT2D eigenvalue weighted by atomic mass is 9.92. The van der Waals surface area contributed by atoms with E-state index in [-0.39, 0.29) is 11.8 Å². The summed E-state index contributed by atoms with van der Waals surface area (Å²) in [6, 6.07) is 45.5. The molecule has 1 aliphatic rings. The predicted molar refractivity (Wildman–Crippen MR) is 223 cm³/mol. The molecule has 0 N–H and O–H groups in total. The molecule has 1 aliphatic heterocycles. The number of carbonyl (C=O) groups is 2. The van der Waals surface area contributed by atoms with E-state index < -0.39 is 0 Å². The Morgan fingerprint density at radius 2 is 0.870 bits per heavy atom. The average molecular weight is 701 g/mol. The van der Waals surface area contributed by atoms with E-state index >= 15 is 0 Å². The molecular weight excluding hydrogens is 661 g/mol. The standard InChI is InChI=1S/C50H40N2O2/c1-29-23-31(3)46(32(4)24-29)36-19-21-39-40-22-20-37(47-33(5)25-30(2)26-34(47)6)28-45(40)51(44(39)27-36)43-18-12-16-41-48(43)50(54)52(49(41)53)42-17-11-10-15-38(42)35-13-8-7-9-14-35/h7-28H,1-6H3. The first kappa shape index (κ1) is 33.3. The molecule has 0 aliphatic carbocycles. The summed E-state index contributed by atoms with van der Waals surface area (Å²) in [5, 5.41) is 2.17. The van der Waals surface area contributed by atoms with Gasteiger partial charge in [-0.1, -0.05) is 114 Å². The number of carbonyl (C=O) groups excluding carboxylic acids is 2. The number of nitrogens with zero attached hydrogens (tertiary/aromatic N) is 2. The molecule has 8 aromatic rings. The number of hydrogen-bond acceptors (Lipinski definition) is 2. The van der Waals surface area contributed by atoms with E-state index in [9.17, 15) is 9.59 Å². The number of aryl methyl sites for hydroxylation is 6. The molecule has 2 amide bonds. The van der Waals surface area contributed by atoms with Crippen LogP contribution in [0.2, 0.25) is 0 Å². The molecule has 0 bridgehead atoms. The van der Waals surface area contributed by atoms with E-state index in [4.69, 9.17) is 0 Å². The third-order valence-corrected chi connectivity index (χ3v) is 11.1. The van der Waals surface area contributed by atoms with Gasteiger partial charge in [-0.3, -0.25) is 9.59 Å². The maximum atomic E-state index is 14.9. The number of hydrogen-bond donors (Lipinski definition) is 0. The molecule has 0 atom stereocenters. The van der Waals surface area contributed by atoms with Crippen molar-refractivity contribution in [3.05, 3.63) is 178 Å². The van der Waals surface area contributed by atoms with Crippen molar-refractivity contribution in [2.45, 2.75) is 41.5 Å². The molecule has 9 rings (SSSR count). The van der Waals surface area contributed by atoms with Crippen molar-refractivity contribution >= 4 is 39.3 Å². The first-order valence-corrected chi connectivity index (χ1v) is 18.5.